The van der Waals surface area contributed by atoms with Crippen molar-refractivity contribution in [3.8, 4) is 0 Å². The molecular weight excluding hydrogens is 350 g/mol. The summed E-state index contributed by atoms with van der Waals surface area (Å²) in [5.41, 5.74) is 0.272. The maximum absolute atomic E-state index is 12.0. The number of H-pyrrole nitrogens is 1. The van der Waals surface area contributed by atoms with E-state index in [0.717, 1.165) is 0 Å². The van der Waals surface area contributed by atoms with Gasteiger partial charge in [0.05, 0.1) is 24.0 Å². The van der Waals surface area contributed by atoms with E-state index in [1.165, 1.54) is 0 Å². The second kappa shape index (κ2) is 6.15. The number of carbonyl (C=O) groups excluding carboxylic acids is 1. The predicted molar refractivity (Wildman–Crippen MR) is 84.3 cm³/mol. The maximum atomic E-state index is 12.0. The zero-order valence-electron chi connectivity index (χ0n) is 11.4. The van der Waals surface area contributed by atoms with Crippen LogP contribution in [0.15, 0.2) is 50.3 Å². The maximum Gasteiger partial charge on any atom is 0.272 e. The molecule has 0 saturated carbocycles. The van der Waals surface area contributed by atoms with Gasteiger partial charge in [-0.25, -0.2) is 5.10 Å². The van der Waals surface area contributed by atoms with Crippen molar-refractivity contribution in [1.29, 1.82) is 0 Å². The first kappa shape index (κ1) is 14.5. The highest BCUT2D eigenvalue weighted by Gasteiger charge is 2.11. The van der Waals surface area contributed by atoms with Gasteiger partial charge in [-0.05, 0) is 34.1 Å². The van der Waals surface area contributed by atoms with Crippen LogP contribution in [0.25, 0.3) is 10.8 Å². The molecule has 0 spiro atoms. The SMILES string of the molecule is O=C(Cc1n[nH]c(=O)c2ccccc12)NCc1ccc(Br)o1. The van der Waals surface area contributed by atoms with Crippen LogP contribution in [0.4, 0.5) is 0 Å². The number of benzene rings is 1. The number of hydrogen-bond acceptors (Lipinski definition) is 4. The average molecular weight is 362 g/mol. The van der Waals surface area contributed by atoms with Crippen LogP contribution >= 0.6 is 15.9 Å². The van der Waals surface area contributed by atoms with Crippen LogP contribution in [-0.2, 0) is 17.8 Å². The molecule has 0 bridgehead atoms. The van der Waals surface area contributed by atoms with Crippen molar-refractivity contribution in [2.45, 2.75) is 13.0 Å². The van der Waals surface area contributed by atoms with Crippen molar-refractivity contribution < 1.29 is 9.21 Å². The summed E-state index contributed by atoms with van der Waals surface area (Å²) in [6.07, 6.45) is 0.0825. The Morgan fingerprint density at radius 2 is 2.00 bits per heavy atom. The smallest absolute Gasteiger partial charge is 0.272 e. The van der Waals surface area contributed by atoms with Gasteiger partial charge in [0.15, 0.2) is 4.67 Å². The van der Waals surface area contributed by atoms with Crippen LogP contribution in [-0.4, -0.2) is 16.1 Å². The zero-order valence-corrected chi connectivity index (χ0v) is 13.0. The van der Waals surface area contributed by atoms with Crippen LogP contribution < -0.4 is 10.9 Å². The van der Waals surface area contributed by atoms with Crippen LogP contribution in [0.2, 0.25) is 0 Å². The van der Waals surface area contributed by atoms with Gasteiger partial charge < -0.3 is 9.73 Å². The topological polar surface area (TPSA) is 88.0 Å². The first-order valence-corrected chi connectivity index (χ1v) is 7.40. The molecule has 1 aromatic carbocycles. The van der Waals surface area contributed by atoms with Gasteiger partial charge in [-0.15, -0.1) is 0 Å². The quantitative estimate of drug-likeness (QED) is 0.744. The molecule has 0 aliphatic carbocycles. The molecule has 112 valence electrons. The Balaban J connectivity index is 1.74. The lowest BCUT2D eigenvalue weighted by Crippen LogP contribution is -2.25. The Bertz CT molecular complexity index is 885. The number of amides is 1. The monoisotopic (exact) mass is 361 g/mol. The van der Waals surface area contributed by atoms with E-state index in [-0.39, 0.29) is 17.9 Å². The summed E-state index contributed by atoms with van der Waals surface area (Å²) in [6.45, 7) is 0.297. The third-order valence-electron chi connectivity index (χ3n) is 3.19. The zero-order chi connectivity index (χ0) is 15.5. The molecule has 0 aliphatic rings. The summed E-state index contributed by atoms with van der Waals surface area (Å²) in [7, 11) is 0. The van der Waals surface area contributed by atoms with Gasteiger partial charge in [-0.2, -0.15) is 5.10 Å². The number of aromatic nitrogens is 2. The van der Waals surface area contributed by atoms with E-state index in [9.17, 15) is 9.59 Å². The molecule has 2 heterocycles. The van der Waals surface area contributed by atoms with Crippen LogP contribution in [0, 0.1) is 0 Å². The van der Waals surface area contributed by atoms with Gasteiger partial charge in [-0.3, -0.25) is 9.59 Å². The van der Waals surface area contributed by atoms with Gasteiger partial charge in [0.25, 0.3) is 5.56 Å². The number of fused-ring (bicyclic) bond motifs is 1. The molecule has 6 nitrogen and oxygen atoms in total. The fraction of sp³-hybridized carbons (Fsp3) is 0.133. The third-order valence-corrected chi connectivity index (χ3v) is 3.62. The van der Waals surface area contributed by atoms with Crippen molar-refractivity contribution in [1.82, 2.24) is 15.5 Å². The van der Waals surface area contributed by atoms with Crippen LogP contribution in [0.5, 0.6) is 0 Å². The summed E-state index contributed by atoms with van der Waals surface area (Å²) < 4.78 is 5.92. The number of rotatable bonds is 4. The van der Waals surface area contributed by atoms with E-state index in [4.69, 9.17) is 4.42 Å². The Morgan fingerprint density at radius 3 is 2.73 bits per heavy atom. The molecule has 22 heavy (non-hydrogen) atoms. The molecule has 3 aromatic rings. The minimum absolute atomic E-state index is 0.0825. The summed E-state index contributed by atoms with van der Waals surface area (Å²) in [4.78, 5) is 23.7. The van der Waals surface area contributed by atoms with Gasteiger partial charge in [0, 0.05) is 5.39 Å². The lowest BCUT2D eigenvalue weighted by atomic mass is 10.1. The second-order valence-corrected chi connectivity index (χ2v) is 5.49. The second-order valence-electron chi connectivity index (χ2n) is 4.70. The minimum atomic E-state index is -0.264. The van der Waals surface area contributed by atoms with Crippen LogP contribution in [0.3, 0.4) is 0 Å². The standard InChI is InChI=1S/C15H12BrN3O3/c16-13-6-5-9(22-13)8-17-14(20)7-12-10-3-1-2-4-11(10)15(21)19-18-12/h1-6H,7-8H2,(H,17,20)(H,19,21). The van der Waals surface area contributed by atoms with Gasteiger partial charge in [-0.1, -0.05) is 18.2 Å². The Kier molecular flexibility index (Phi) is 4.06. The Labute approximate surface area is 133 Å². The lowest BCUT2D eigenvalue weighted by molar-refractivity contribution is -0.120. The number of furan rings is 1. The van der Waals surface area contributed by atoms with E-state index in [0.29, 0.717) is 33.4 Å². The Morgan fingerprint density at radius 1 is 1.23 bits per heavy atom. The van der Waals surface area contributed by atoms with Gasteiger partial charge >= 0.3 is 0 Å². The number of nitrogens with one attached hydrogen (secondary N) is 2. The first-order chi connectivity index (χ1) is 10.6. The van der Waals surface area contributed by atoms with Crippen molar-refractivity contribution in [2.24, 2.45) is 0 Å². The summed E-state index contributed by atoms with van der Waals surface area (Å²) >= 11 is 3.20. The predicted octanol–water partition coefficient (Wildman–Crippen LogP) is 2.14. The van der Waals surface area contributed by atoms with Gasteiger partial charge in [0.2, 0.25) is 5.91 Å². The fourth-order valence-electron chi connectivity index (χ4n) is 2.15. The highest BCUT2D eigenvalue weighted by molar-refractivity contribution is 9.10. The number of carbonyl (C=O) groups is 1. The molecule has 2 N–H and O–H groups in total. The molecule has 0 aliphatic heterocycles. The van der Waals surface area contributed by atoms with Gasteiger partial charge in [0.1, 0.15) is 5.76 Å². The molecule has 0 fully saturated rings. The van der Waals surface area contributed by atoms with E-state index in [1.807, 2.05) is 6.07 Å². The highest BCUT2D eigenvalue weighted by Crippen LogP contribution is 2.14. The van der Waals surface area contributed by atoms with E-state index in [2.05, 4.69) is 31.4 Å². The molecule has 7 heteroatoms. The molecule has 0 atom stereocenters. The van der Waals surface area contributed by atoms with E-state index >= 15 is 0 Å². The molecule has 2 aromatic heterocycles. The number of aromatic amines is 1. The summed E-state index contributed by atoms with van der Waals surface area (Å²) in [5, 5.41) is 10.4. The third kappa shape index (κ3) is 3.09. The van der Waals surface area contributed by atoms with Crippen molar-refractivity contribution in [3.63, 3.8) is 0 Å². The summed E-state index contributed by atoms with van der Waals surface area (Å²) in [5.74, 6) is 0.455. The largest absolute Gasteiger partial charge is 0.452 e. The molecular formula is C15H12BrN3O3. The number of halogens is 1. The molecule has 3 rings (SSSR count). The molecule has 1 amide bonds. The molecule has 0 radical (unpaired) electrons. The normalized spacial score (nSPS) is 10.8. The fourth-order valence-corrected chi connectivity index (χ4v) is 2.49. The number of hydrogen-bond donors (Lipinski definition) is 2. The first-order valence-electron chi connectivity index (χ1n) is 6.60. The Hall–Kier alpha value is -2.41. The molecule has 0 unspecified atom stereocenters. The van der Waals surface area contributed by atoms with Crippen molar-refractivity contribution in [2.75, 3.05) is 0 Å². The highest BCUT2D eigenvalue weighted by atomic mass is 79.9. The average Bonchev–Trinajstić information content (AvgIpc) is 2.94. The lowest BCUT2D eigenvalue weighted by Gasteiger charge is -2.05. The van der Waals surface area contributed by atoms with Crippen molar-refractivity contribution in [3.05, 3.63) is 62.9 Å². The molecule has 0 saturated heterocycles. The minimum Gasteiger partial charge on any atom is -0.452 e. The van der Waals surface area contributed by atoms with Crippen molar-refractivity contribution >= 4 is 32.6 Å². The van der Waals surface area contributed by atoms with E-state index < -0.39 is 0 Å². The number of nitrogens with zero attached hydrogens (tertiary/aromatic N) is 1. The van der Waals surface area contributed by atoms with E-state index in [1.54, 1.807) is 30.3 Å². The van der Waals surface area contributed by atoms with Crippen LogP contribution in [0.1, 0.15) is 11.5 Å². The summed E-state index contributed by atoms with van der Waals surface area (Å²) in [6, 6.07) is 10.6.